The molecule has 0 aromatic heterocycles. The number of nitrogens with zero attached hydrogens (tertiary/aromatic N) is 1. The van der Waals surface area contributed by atoms with Crippen molar-refractivity contribution in [2.45, 2.75) is 44.6 Å². The van der Waals surface area contributed by atoms with Crippen LogP contribution in [0.15, 0.2) is 30.3 Å². The van der Waals surface area contributed by atoms with Crippen molar-refractivity contribution < 1.29 is 5.11 Å². The zero-order valence-electron chi connectivity index (χ0n) is 11.6. The minimum Gasteiger partial charge on any atom is -0.395 e. The maximum Gasteiger partial charge on any atom is 0.0537 e. The summed E-state index contributed by atoms with van der Waals surface area (Å²) >= 11 is 0. The maximum atomic E-state index is 9.83. The molecule has 2 unspecified atom stereocenters. The summed E-state index contributed by atoms with van der Waals surface area (Å²) in [6, 6.07) is 11.1. The van der Waals surface area contributed by atoms with E-state index < -0.39 is 0 Å². The molecule has 1 heterocycles. The Morgan fingerprint density at radius 1 is 1.33 bits per heavy atom. The molecule has 2 atom stereocenters. The van der Waals surface area contributed by atoms with Crippen molar-refractivity contribution in [1.29, 1.82) is 0 Å². The molecule has 0 aliphatic carbocycles. The first-order chi connectivity index (χ1) is 8.69. The highest BCUT2D eigenvalue weighted by molar-refractivity contribution is 5.25. The lowest BCUT2D eigenvalue weighted by molar-refractivity contribution is 0.135. The summed E-state index contributed by atoms with van der Waals surface area (Å²) in [5, 5.41) is 9.83. The molecular formula is C16H25NO. The van der Waals surface area contributed by atoms with Gasteiger partial charge in [-0.25, -0.2) is 0 Å². The Hall–Kier alpha value is -0.860. The van der Waals surface area contributed by atoms with E-state index in [1.807, 2.05) is 6.07 Å². The van der Waals surface area contributed by atoms with Crippen LogP contribution in [0.2, 0.25) is 0 Å². The molecule has 1 N–H and O–H groups in total. The SMILES string of the molecule is CCC1CCCN1CC(C)(CO)c1ccccc1. The molecule has 0 saturated carbocycles. The second-order valence-electron chi connectivity index (χ2n) is 5.76. The van der Waals surface area contributed by atoms with E-state index in [0.29, 0.717) is 6.04 Å². The third-order valence-electron chi connectivity index (χ3n) is 4.34. The number of aliphatic hydroxyl groups excluding tert-OH is 1. The minimum atomic E-state index is -0.140. The summed E-state index contributed by atoms with van der Waals surface area (Å²) in [6.45, 7) is 6.80. The molecule has 1 aromatic rings. The molecule has 1 aliphatic heterocycles. The van der Waals surface area contributed by atoms with Crippen LogP contribution in [-0.2, 0) is 5.41 Å². The average Bonchev–Trinajstić information content (AvgIpc) is 2.86. The van der Waals surface area contributed by atoms with Gasteiger partial charge in [0.1, 0.15) is 0 Å². The molecule has 2 nitrogen and oxygen atoms in total. The molecule has 100 valence electrons. The van der Waals surface area contributed by atoms with E-state index in [1.165, 1.54) is 31.4 Å². The van der Waals surface area contributed by atoms with E-state index in [2.05, 4.69) is 43.0 Å². The van der Waals surface area contributed by atoms with Gasteiger partial charge >= 0.3 is 0 Å². The molecule has 2 heteroatoms. The Morgan fingerprint density at radius 3 is 2.67 bits per heavy atom. The number of aliphatic hydroxyl groups is 1. The van der Waals surface area contributed by atoms with Gasteiger partial charge in [0.15, 0.2) is 0 Å². The van der Waals surface area contributed by atoms with Gasteiger partial charge in [-0.2, -0.15) is 0 Å². The highest BCUT2D eigenvalue weighted by Gasteiger charge is 2.32. The molecule has 1 fully saturated rings. The lowest BCUT2D eigenvalue weighted by atomic mass is 9.82. The predicted molar refractivity (Wildman–Crippen MR) is 75.8 cm³/mol. The van der Waals surface area contributed by atoms with Crippen LogP contribution in [0.3, 0.4) is 0 Å². The van der Waals surface area contributed by atoms with Crippen molar-refractivity contribution in [3.8, 4) is 0 Å². The minimum absolute atomic E-state index is 0.140. The van der Waals surface area contributed by atoms with Crippen LogP contribution >= 0.6 is 0 Å². The molecule has 0 spiro atoms. The first-order valence-electron chi connectivity index (χ1n) is 7.10. The van der Waals surface area contributed by atoms with Crippen LogP contribution in [0.5, 0.6) is 0 Å². The zero-order chi connectivity index (χ0) is 13.0. The molecule has 0 amide bonds. The van der Waals surface area contributed by atoms with Gasteiger partial charge in [0.05, 0.1) is 6.61 Å². The van der Waals surface area contributed by atoms with E-state index in [0.717, 1.165) is 6.54 Å². The number of hydrogen-bond donors (Lipinski definition) is 1. The van der Waals surface area contributed by atoms with Crippen molar-refractivity contribution in [2.24, 2.45) is 0 Å². The summed E-state index contributed by atoms with van der Waals surface area (Å²) in [6.07, 6.45) is 3.83. The fourth-order valence-electron chi connectivity index (χ4n) is 3.09. The van der Waals surface area contributed by atoms with E-state index >= 15 is 0 Å². The van der Waals surface area contributed by atoms with Gasteiger partial charge in [0, 0.05) is 18.0 Å². The summed E-state index contributed by atoms with van der Waals surface area (Å²) in [5.41, 5.74) is 1.10. The van der Waals surface area contributed by atoms with E-state index in [1.54, 1.807) is 0 Å². The first-order valence-corrected chi connectivity index (χ1v) is 7.10. The molecule has 18 heavy (non-hydrogen) atoms. The molecule has 1 aliphatic rings. The molecule has 0 bridgehead atoms. The van der Waals surface area contributed by atoms with Crippen molar-refractivity contribution in [2.75, 3.05) is 19.7 Å². The standard InChI is InChI=1S/C16H25NO/c1-3-15-10-7-11-17(15)12-16(2,13-18)14-8-5-4-6-9-14/h4-6,8-9,15,18H,3,7,10-13H2,1-2H3. The van der Waals surface area contributed by atoms with Gasteiger partial charge in [0.2, 0.25) is 0 Å². The highest BCUT2D eigenvalue weighted by atomic mass is 16.3. The molecule has 1 saturated heterocycles. The van der Waals surface area contributed by atoms with Crippen molar-refractivity contribution in [3.05, 3.63) is 35.9 Å². The fraction of sp³-hybridized carbons (Fsp3) is 0.625. The van der Waals surface area contributed by atoms with Crippen LogP contribution in [0.4, 0.5) is 0 Å². The molecule has 1 aromatic carbocycles. The predicted octanol–water partition coefficient (Wildman–Crippen LogP) is 2.81. The van der Waals surface area contributed by atoms with Gasteiger partial charge < -0.3 is 5.11 Å². The largest absolute Gasteiger partial charge is 0.395 e. The second kappa shape index (κ2) is 5.85. The van der Waals surface area contributed by atoms with Crippen molar-refractivity contribution >= 4 is 0 Å². The fourth-order valence-corrected chi connectivity index (χ4v) is 3.09. The monoisotopic (exact) mass is 247 g/mol. The van der Waals surface area contributed by atoms with Gasteiger partial charge in [-0.05, 0) is 31.4 Å². The zero-order valence-corrected chi connectivity index (χ0v) is 11.6. The normalized spacial score (nSPS) is 24.1. The Bertz CT molecular complexity index is 365. The average molecular weight is 247 g/mol. The topological polar surface area (TPSA) is 23.5 Å². The van der Waals surface area contributed by atoms with Gasteiger partial charge in [-0.1, -0.05) is 44.2 Å². The van der Waals surface area contributed by atoms with E-state index in [-0.39, 0.29) is 12.0 Å². The third kappa shape index (κ3) is 2.76. The number of rotatable bonds is 5. The van der Waals surface area contributed by atoms with Crippen LogP contribution in [-0.4, -0.2) is 35.7 Å². The Labute approximate surface area is 111 Å². The smallest absolute Gasteiger partial charge is 0.0537 e. The number of benzene rings is 1. The Morgan fingerprint density at radius 2 is 2.06 bits per heavy atom. The van der Waals surface area contributed by atoms with Crippen LogP contribution in [0.25, 0.3) is 0 Å². The Kier molecular flexibility index (Phi) is 4.41. The molecular weight excluding hydrogens is 222 g/mol. The van der Waals surface area contributed by atoms with Crippen LogP contribution < -0.4 is 0 Å². The van der Waals surface area contributed by atoms with Crippen molar-refractivity contribution in [3.63, 3.8) is 0 Å². The quantitative estimate of drug-likeness (QED) is 0.865. The summed E-state index contributed by atoms with van der Waals surface area (Å²) in [4.78, 5) is 2.56. The van der Waals surface area contributed by atoms with Gasteiger partial charge in [-0.3, -0.25) is 4.90 Å². The molecule has 2 rings (SSSR count). The van der Waals surface area contributed by atoms with E-state index in [4.69, 9.17) is 0 Å². The van der Waals surface area contributed by atoms with Crippen LogP contribution in [0.1, 0.15) is 38.7 Å². The maximum absolute atomic E-state index is 9.83. The Balaban J connectivity index is 2.13. The summed E-state index contributed by atoms with van der Waals surface area (Å²) < 4.78 is 0. The summed E-state index contributed by atoms with van der Waals surface area (Å²) in [7, 11) is 0. The summed E-state index contributed by atoms with van der Waals surface area (Å²) in [5.74, 6) is 0. The van der Waals surface area contributed by atoms with Crippen molar-refractivity contribution in [1.82, 2.24) is 4.90 Å². The number of hydrogen-bond acceptors (Lipinski definition) is 2. The second-order valence-corrected chi connectivity index (χ2v) is 5.76. The lowest BCUT2D eigenvalue weighted by Gasteiger charge is -2.35. The van der Waals surface area contributed by atoms with Crippen LogP contribution in [0, 0.1) is 0 Å². The number of likely N-dealkylation sites (tertiary alicyclic amines) is 1. The van der Waals surface area contributed by atoms with E-state index in [9.17, 15) is 5.11 Å². The first kappa shape index (κ1) is 13.6. The van der Waals surface area contributed by atoms with Gasteiger partial charge in [0.25, 0.3) is 0 Å². The molecule has 0 radical (unpaired) electrons. The lowest BCUT2D eigenvalue weighted by Crippen LogP contribution is -2.43. The highest BCUT2D eigenvalue weighted by Crippen LogP contribution is 2.29. The van der Waals surface area contributed by atoms with Gasteiger partial charge in [-0.15, -0.1) is 0 Å². The third-order valence-corrected chi connectivity index (χ3v) is 4.34.